The molecule has 4 aromatic heterocycles. The molecule has 0 aliphatic heterocycles. The van der Waals surface area contributed by atoms with E-state index >= 15 is 0 Å². The number of hydrogen-bond donors (Lipinski definition) is 0. The molecule has 0 amide bonds. The molecule has 16 nitrogen and oxygen atoms in total. The van der Waals surface area contributed by atoms with Crippen LogP contribution in [0.5, 0.6) is 0 Å². The molecule has 0 saturated heterocycles. The molecular weight excluding hydrogens is 749 g/mol. The second kappa shape index (κ2) is 15.3. The van der Waals surface area contributed by atoms with Gasteiger partial charge in [0.15, 0.2) is 0 Å². The molecule has 219 valence electrons. The van der Waals surface area contributed by atoms with Crippen molar-refractivity contribution >= 4 is 23.9 Å². The van der Waals surface area contributed by atoms with Crippen molar-refractivity contribution in [1.82, 2.24) is 39.1 Å². The van der Waals surface area contributed by atoms with Crippen molar-refractivity contribution in [2.45, 2.75) is 26.2 Å². The summed E-state index contributed by atoms with van der Waals surface area (Å²) in [5.41, 5.74) is 1.46. The molecule has 1 radical (unpaired) electrons. The van der Waals surface area contributed by atoms with Gasteiger partial charge in [-0.2, -0.15) is 20.4 Å². The van der Waals surface area contributed by atoms with E-state index in [1.165, 1.54) is 67.8 Å². The predicted molar refractivity (Wildman–Crippen MR) is 129 cm³/mol. The molecule has 0 unspecified atom stereocenters. The van der Waals surface area contributed by atoms with Gasteiger partial charge in [-0.1, -0.05) is 12.1 Å². The summed E-state index contributed by atoms with van der Waals surface area (Å²) in [7, 11) is 0. The van der Waals surface area contributed by atoms with Crippen LogP contribution in [-0.4, -0.2) is 63.0 Å². The van der Waals surface area contributed by atoms with E-state index < -0.39 is 23.9 Å². The van der Waals surface area contributed by atoms with Gasteiger partial charge in [0.1, 0.15) is 22.8 Å². The average Bonchev–Trinajstić information content (AvgIpc) is 3.74. The van der Waals surface area contributed by atoms with Gasteiger partial charge in [-0.15, -0.1) is 0 Å². The Labute approximate surface area is 322 Å². The van der Waals surface area contributed by atoms with Gasteiger partial charge in [-0.05, 0) is 46.5 Å². The van der Waals surface area contributed by atoms with E-state index in [2.05, 4.69) is 20.4 Å². The van der Waals surface area contributed by atoms with E-state index in [4.69, 9.17) is 0 Å². The van der Waals surface area contributed by atoms with E-state index in [0.717, 1.165) is 0 Å². The van der Waals surface area contributed by atoms with E-state index in [-0.39, 0.29) is 140 Å². The molecule has 0 spiro atoms. The zero-order valence-electron chi connectivity index (χ0n) is 22.8. The van der Waals surface area contributed by atoms with Crippen molar-refractivity contribution in [2.24, 2.45) is 0 Å². The van der Waals surface area contributed by atoms with Gasteiger partial charge in [0.2, 0.25) is 0 Å². The Bertz CT molecular complexity index is 1580. The SMILES string of the molecule is O=C([O-])c1ccn(Cc2cc(Cn3ccc(C(=O)[O-])n3)c(Cn3ccc(C(=O)[O-])n3)cc2Cn2ccc(C(=O)[O-])n2)n1.[Gd+3].[K+]. The monoisotopic (exact) mass is 767 g/mol. The van der Waals surface area contributed by atoms with Gasteiger partial charge >= 0.3 is 91.3 Å². The molecule has 0 atom stereocenters. The maximum atomic E-state index is 11.2. The van der Waals surface area contributed by atoms with Crippen molar-refractivity contribution in [2.75, 3.05) is 0 Å². The fraction of sp³-hybridized carbons (Fsp3) is 0.154. The number of carbonyl (C=O) groups excluding carboxylic acids is 4. The topological polar surface area (TPSA) is 232 Å². The number of carboxylic acid groups (broad SMARTS) is 4. The standard InChI is InChI=1S/C26H22N8O8.Gd.K/c35-23(36)19-1-5-31(27-19)11-15-9-17(13-33-7-3-21(29-33)25(39)40)18(14-34-8-4-22(30-34)26(41)42)10-16(15)12-32-6-2-20(28-32)24(37)38;;/h1-10H,11-14H2,(H,35,36)(H,37,38)(H,39,40)(H,41,42);;/q;+3;+1/p-4. The third-order valence-corrected chi connectivity index (χ3v) is 6.25. The van der Waals surface area contributed by atoms with Crippen molar-refractivity contribution < 1.29 is 131 Å². The van der Waals surface area contributed by atoms with E-state index in [0.29, 0.717) is 22.3 Å². The maximum Gasteiger partial charge on any atom is 3.00 e. The molecule has 0 aliphatic rings. The summed E-state index contributed by atoms with van der Waals surface area (Å²) in [5, 5.41) is 61.0. The quantitative estimate of drug-likeness (QED) is 0.108. The first-order valence-electron chi connectivity index (χ1n) is 12.2. The maximum absolute atomic E-state index is 11.2. The van der Waals surface area contributed by atoms with Crippen molar-refractivity contribution in [3.05, 3.63) is 106 Å². The number of benzene rings is 1. The normalized spacial score (nSPS) is 10.5. The van der Waals surface area contributed by atoms with Crippen LogP contribution in [0, 0.1) is 39.9 Å². The largest absolute Gasteiger partial charge is 3.00 e. The molecule has 0 fully saturated rings. The number of aromatic carboxylic acids is 4. The Kier molecular flexibility index (Phi) is 12.3. The third-order valence-electron chi connectivity index (χ3n) is 6.25. The second-order valence-corrected chi connectivity index (χ2v) is 9.13. The zero-order valence-corrected chi connectivity index (χ0v) is 28.2. The van der Waals surface area contributed by atoms with Gasteiger partial charge in [0, 0.05) is 24.8 Å². The van der Waals surface area contributed by atoms with Gasteiger partial charge in [0.05, 0.1) is 50.1 Å². The molecule has 5 rings (SSSR count). The van der Waals surface area contributed by atoms with Crippen LogP contribution in [0.1, 0.15) is 64.2 Å². The molecule has 0 aliphatic carbocycles. The van der Waals surface area contributed by atoms with Crippen LogP contribution in [0.2, 0.25) is 0 Å². The Morgan fingerprint density at radius 1 is 0.477 bits per heavy atom. The molecule has 0 N–H and O–H groups in total. The fourth-order valence-corrected chi connectivity index (χ4v) is 4.31. The first-order valence-corrected chi connectivity index (χ1v) is 12.2. The number of carbonyl (C=O) groups is 4. The van der Waals surface area contributed by atoms with Crippen molar-refractivity contribution in [3.63, 3.8) is 0 Å². The van der Waals surface area contributed by atoms with Gasteiger partial charge < -0.3 is 39.6 Å². The Morgan fingerprint density at radius 3 is 0.841 bits per heavy atom. The first kappa shape index (κ1) is 35.4. The number of nitrogens with zero attached hydrogens (tertiary/aromatic N) is 8. The molecule has 5 aromatic rings. The summed E-state index contributed by atoms with van der Waals surface area (Å²) in [6, 6.07) is 8.67. The Balaban J connectivity index is 0.00000264. The second-order valence-electron chi connectivity index (χ2n) is 9.13. The van der Waals surface area contributed by atoms with E-state index in [1.54, 1.807) is 12.1 Å². The van der Waals surface area contributed by atoms with Crippen LogP contribution in [0.4, 0.5) is 0 Å². The minimum atomic E-state index is -1.45. The third kappa shape index (κ3) is 8.54. The average molecular weight is 767 g/mol. The summed E-state index contributed by atoms with van der Waals surface area (Å²) in [6.45, 7) is 0.351. The Hall–Kier alpha value is -3.10. The van der Waals surface area contributed by atoms with Gasteiger partial charge in [0.25, 0.3) is 0 Å². The van der Waals surface area contributed by atoms with Gasteiger partial charge in [-0.3, -0.25) is 18.7 Å². The smallest absolute Gasteiger partial charge is 0.543 e. The number of rotatable bonds is 12. The van der Waals surface area contributed by atoms with Crippen LogP contribution < -0.4 is 71.8 Å². The van der Waals surface area contributed by atoms with E-state index in [9.17, 15) is 39.6 Å². The molecule has 44 heavy (non-hydrogen) atoms. The minimum Gasteiger partial charge on any atom is -0.543 e. The minimum absolute atomic E-state index is 0. The molecule has 0 bridgehead atoms. The van der Waals surface area contributed by atoms with Crippen LogP contribution in [0.15, 0.2) is 61.2 Å². The zero-order chi connectivity index (χ0) is 30.0. The number of aromatic nitrogens is 8. The molecular formula is C26H18GdKN8O8. The molecule has 4 heterocycles. The van der Waals surface area contributed by atoms with Crippen molar-refractivity contribution in [3.8, 4) is 0 Å². The fourth-order valence-electron chi connectivity index (χ4n) is 4.31. The van der Waals surface area contributed by atoms with Gasteiger partial charge in [-0.25, -0.2) is 0 Å². The van der Waals surface area contributed by atoms with Crippen LogP contribution >= 0.6 is 0 Å². The summed E-state index contributed by atoms with van der Waals surface area (Å²) >= 11 is 0. The molecule has 18 heteroatoms. The summed E-state index contributed by atoms with van der Waals surface area (Å²) in [4.78, 5) is 45.0. The Morgan fingerprint density at radius 2 is 0.682 bits per heavy atom. The summed E-state index contributed by atoms with van der Waals surface area (Å²) in [6.07, 6.45) is 5.82. The first-order chi connectivity index (χ1) is 20.0. The molecule has 0 saturated carbocycles. The van der Waals surface area contributed by atoms with Crippen LogP contribution in [0.3, 0.4) is 0 Å². The van der Waals surface area contributed by atoms with Crippen LogP contribution in [-0.2, 0) is 26.2 Å². The van der Waals surface area contributed by atoms with Crippen LogP contribution in [0.25, 0.3) is 0 Å². The summed E-state index contributed by atoms with van der Waals surface area (Å²) < 4.78 is 5.52. The number of carboxylic acids is 4. The predicted octanol–water partition coefficient (Wildman–Crippen LogP) is -6.88. The number of hydrogen-bond acceptors (Lipinski definition) is 12. The van der Waals surface area contributed by atoms with E-state index in [1.807, 2.05) is 0 Å². The summed E-state index contributed by atoms with van der Waals surface area (Å²) in [5.74, 6) is -5.80. The van der Waals surface area contributed by atoms with Crippen molar-refractivity contribution in [1.29, 1.82) is 0 Å². The molecule has 1 aromatic carbocycles.